The van der Waals surface area contributed by atoms with Gasteiger partial charge in [0.1, 0.15) is 11.5 Å². The van der Waals surface area contributed by atoms with Gasteiger partial charge in [0.25, 0.3) is 5.91 Å². The number of anilines is 1. The van der Waals surface area contributed by atoms with Gasteiger partial charge in [0.2, 0.25) is 0 Å². The van der Waals surface area contributed by atoms with E-state index < -0.39 is 0 Å². The first-order valence-corrected chi connectivity index (χ1v) is 12.4. The van der Waals surface area contributed by atoms with Crippen LogP contribution < -0.4 is 20.1 Å². The molecule has 0 saturated heterocycles. The summed E-state index contributed by atoms with van der Waals surface area (Å²) in [5, 5.41) is 5.98. The highest BCUT2D eigenvalue weighted by molar-refractivity contribution is 9.10. The summed E-state index contributed by atoms with van der Waals surface area (Å²) in [5.74, 6) is 1.43. The van der Waals surface area contributed by atoms with Crippen LogP contribution in [0.15, 0.2) is 77.3 Å². The Balaban J connectivity index is 1.55. The number of hydrogen-bond acceptors (Lipinski definition) is 4. The zero-order valence-electron chi connectivity index (χ0n) is 19.3. The van der Waals surface area contributed by atoms with E-state index in [0.717, 1.165) is 28.8 Å². The smallest absolute Gasteiger partial charge is 0.261 e. The second-order valence-electron chi connectivity index (χ2n) is 8.19. The molecule has 2 N–H and O–H groups in total. The minimum absolute atomic E-state index is 0.194. The summed E-state index contributed by atoms with van der Waals surface area (Å²) in [4.78, 5) is 12.9. The quantitative estimate of drug-likeness (QED) is 0.283. The van der Waals surface area contributed by atoms with E-state index in [1.54, 1.807) is 12.1 Å². The number of carbonyl (C=O) groups is 1. The van der Waals surface area contributed by atoms with Crippen LogP contribution >= 0.6 is 28.1 Å². The van der Waals surface area contributed by atoms with Crippen LogP contribution in [-0.2, 0) is 6.42 Å². The fourth-order valence-corrected chi connectivity index (χ4v) is 3.71. The third-order valence-electron chi connectivity index (χ3n) is 4.96. The Morgan fingerprint density at radius 1 is 0.971 bits per heavy atom. The maximum atomic E-state index is 12.9. The van der Waals surface area contributed by atoms with Crippen molar-refractivity contribution in [2.24, 2.45) is 5.92 Å². The molecule has 0 radical (unpaired) electrons. The Bertz CT molecular complexity index is 1110. The minimum atomic E-state index is -0.339. The Morgan fingerprint density at radius 3 is 2.53 bits per heavy atom. The normalized spacial score (nSPS) is 10.6. The number of rotatable bonds is 10. The fraction of sp³-hybridized carbons (Fsp3) is 0.259. The van der Waals surface area contributed by atoms with E-state index in [1.165, 1.54) is 5.56 Å². The molecular formula is C27H29BrN2O3S. The van der Waals surface area contributed by atoms with E-state index in [4.69, 9.17) is 21.7 Å². The first-order valence-electron chi connectivity index (χ1n) is 11.2. The van der Waals surface area contributed by atoms with Crippen LogP contribution in [0.2, 0.25) is 0 Å². The lowest BCUT2D eigenvalue weighted by Crippen LogP contribution is -2.34. The van der Waals surface area contributed by atoms with E-state index >= 15 is 0 Å². The highest BCUT2D eigenvalue weighted by atomic mass is 79.9. The van der Waals surface area contributed by atoms with Crippen molar-refractivity contribution < 1.29 is 14.3 Å². The van der Waals surface area contributed by atoms with Gasteiger partial charge in [-0.2, -0.15) is 0 Å². The monoisotopic (exact) mass is 540 g/mol. The number of benzene rings is 3. The lowest BCUT2D eigenvalue weighted by atomic mass is 10.1. The van der Waals surface area contributed by atoms with Crippen LogP contribution in [0, 0.1) is 5.92 Å². The van der Waals surface area contributed by atoms with Crippen LogP contribution in [0.3, 0.4) is 0 Å². The molecule has 0 saturated carbocycles. The van der Waals surface area contributed by atoms with Gasteiger partial charge in [-0.1, -0.05) is 66.2 Å². The summed E-state index contributed by atoms with van der Waals surface area (Å²) in [6, 6.07) is 23.0. The van der Waals surface area contributed by atoms with Crippen LogP contribution in [-0.4, -0.2) is 24.2 Å². The topological polar surface area (TPSA) is 59.6 Å². The molecule has 0 aliphatic carbocycles. The van der Waals surface area contributed by atoms with Crippen molar-refractivity contribution in [1.82, 2.24) is 5.32 Å². The predicted molar refractivity (Wildman–Crippen MR) is 145 cm³/mol. The van der Waals surface area contributed by atoms with Crippen molar-refractivity contribution in [3.05, 3.63) is 88.4 Å². The van der Waals surface area contributed by atoms with Gasteiger partial charge in [-0.15, -0.1) is 0 Å². The van der Waals surface area contributed by atoms with Crippen molar-refractivity contribution >= 4 is 44.9 Å². The summed E-state index contributed by atoms with van der Waals surface area (Å²) >= 11 is 8.79. The number of ether oxygens (including phenoxy) is 2. The van der Waals surface area contributed by atoms with Crippen LogP contribution in [0.4, 0.5) is 5.69 Å². The second kappa shape index (κ2) is 13.1. The third-order valence-corrected chi connectivity index (χ3v) is 5.66. The molecule has 34 heavy (non-hydrogen) atoms. The van der Waals surface area contributed by atoms with Crippen molar-refractivity contribution in [3.8, 4) is 11.5 Å². The van der Waals surface area contributed by atoms with Gasteiger partial charge in [-0.3, -0.25) is 10.1 Å². The van der Waals surface area contributed by atoms with Gasteiger partial charge in [0.15, 0.2) is 5.11 Å². The van der Waals surface area contributed by atoms with Crippen molar-refractivity contribution in [2.75, 3.05) is 18.5 Å². The van der Waals surface area contributed by atoms with Gasteiger partial charge in [-0.25, -0.2) is 0 Å². The predicted octanol–water partition coefficient (Wildman–Crippen LogP) is 6.62. The average molecular weight is 542 g/mol. The molecule has 0 unspecified atom stereocenters. The summed E-state index contributed by atoms with van der Waals surface area (Å²) in [7, 11) is 0. The molecule has 1 amide bonds. The maximum Gasteiger partial charge on any atom is 0.261 e. The zero-order valence-corrected chi connectivity index (χ0v) is 21.7. The molecule has 3 rings (SSSR count). The Labute approximate surface area is 215 Å². The maximum absolute atomic E-state index is 12.9. The Hall–Kier alpha value is -2.90. The molecule has 0 fully saturated rings. The lowest BCUT2D eigenvalue weighted by molar-refractivity contribution is 0.0973. The second-order valence-corrected chi connectivity index (χ2v) is 9.52. The molecule has 0 spiro atoms. The Morgan fingerprint density at radius 2 is 1.76 bits per heavy atom. The number of halogens is 1. The van der Waals surface area contributed by atoms with E-state index in [9.17, 15) is 4.79 Å². The molecule has 3 aromatic carbocycles. The number of thiocarbonyl (C=S) groups is 1. The molecule has 0 aliphatic heterocycles. The number of carbonyl (C=O) groups excluding carboxylic acids is 1. The van der Waals surface area contributed by atoms with Gasteiger partial charge in [-0.05, 0) is 60.5 Å². The van der Waals surface area contributed by atoms with Crippen LogP contribution in [0.1, 0.15) is 36.2 Å². The number of hydrogen-bond donors (Lipinski definition) is 2. The largest absolute Gasteiger partial charge is 0.493 e. The fourth-order valence-electron chi connectivity index (χ4n) is 3.14. The summed E-state index contributed by atoms with van der Waals surface area (Å²) in [6.45, 7) is 5.37. The molecule has 3 aromatic rings. The van der Waals surface area contributed by atoms with Crippen LogP contribution in [0.5, 0.6) is 11.5 Å². The summed E-state index contributed by atoms with van der Waals surface area (Å²) in [5.41, 5.74) is 2.37. The van der Waals surface area contributed by atoms with E-state index in [1.807, 2.05) is 48.5 Å². The zero-order chi connectivity index (χ0) is 24.3. The molecular weight excluding hydrogens is 512 g/mol. The summed E-state index contributed by atoms with van der Waals surface area (Å²) < 4.78 is 12.5. The van der Waals surface area contributed by atoms with Crippen LogP contribution in [0.25, 0.3) is 0 Å². The standard InChI is InChI=1S/C27H29BrN2O3S/c1-19(2)13-15-33-25-12-11-21(28)17-24(25)26(31)30-27(34)29-22-9-6-10-23(18-22)32-16-14-20-7-4-3-5-8-20/h3-12,17-19H,13-16H2,1-2H3,(H2,29,30,31,34). The molecule has 5 nitrogen and oxygen atoms in total. The van der Waals surface area contributed by atoms with Gasteiger partial charge in [0, 0.05) is 22.6 Å². The molecule has 0 heterocycles. The van der Waals surface area contributed by atoms with Gasteiger partial charge >= 0.3 is 0 Å². The molecule has 7 heteroatoms. The molecule has 0 aromatic heterocycles. The van der Waals surface area contributed by atoms with E-state index in [0.29, 0.717) is 30.4 Å². The highest BCUT2D eigenvalue weighted by Crippen LogP contribution is 2.24. The molecule has 0 bridgehead atoms. The third kappa shape index (κ3) is 8.47. The summed E-state index contributed by atoms with van der Waals surface area (Å²) in [6.07, 6.45) is 1.72. The van der Waals surface area contributed by atoms with Crippen molar-refractivity contribution in [2.45, 2.75) is 26.7 Å². The number of nitrogens with one attached hydrogen (secondary N) is 2. The van der Waals surface area contributed by atoms with Crippen molar-refractivity contribution in [1.29, 1.82) is 0 Å². The minimum Gasteiger partial charge on any atom is -0.493 e. The van der Waals surface area contributed by atoms with Gasteiger partial charge in [0.05, 0.1) is 18.8 Å². The molecule has 178 valence electrons. The van der Waals surface area contributed by atoms with E-state index in [2.05, 4.69) is 52.5 Å². The Kier molecular flexibility index (Phi) is 9.91. The van der Waals surface area contributed by atoms with Gasteiger partial charge < -0.3 is 14.8 Å². The molecule has 0 aliphatic rings. The van der Waals surface area contributed by atoms with Crippen molar-refractivity contribution in [3.63, 3.8) is 0 Å². The SMILES string of the molecule is CC(C)CCOc1ccc(Br)cc1C(=O)NC(=S)Nc1cccc(OCCc2ccccc2)c1. The highest BCUT2D eigenvalue weighted by Gasteiger charge is 2.15. The first-order chi connectivity index (χ1) is 16.4. The number of amides is 1. The average Bonchev–Trinajstić information content (AvgIpc) is 2.80. The lowest BCUT2D eigenvalue weighted by Gasteiger charge is -2.14. The van der Waals surface area contributed by atoms with E-state index in [-0.39, 0.29) is 11.0 Å². The molecule has 0 atom stereocenters. The first kappa shape index (κ1) is 25.7.